The molecule has 3 nitrogen and oxygen atoms in total. The molecule has 0 unspecified atom stereocenters. The van der Waals surface area contributed by atoms with Gasteiger partial charge in [-0.3, -0.25) is 0 Å². The van der Waals surface area contributed by atoms with E-state index in [1.165, 1.54) is 6.26 Å². The average Bonchev–Trinajstić information content (AvgIpc) is 1.81. The topological polar surface area (TPSA) is 49.4 Å². The van der Waals surface area contributed by atoms with Crippen molar-refractivity contribution in [2.75, 3.05) is 6.61 Å². The summed E-state index contributed by atoms with van der Waals surface area (Å²) in [6.45, 7) is 7.31. The van der Waals surface area contributed by atoms with E-state index in [1.807, 2.05) is 0 Å². The van der Waals surface area contributed by atoms with Crippen LogP contribution in [0.3, 0.4) is 0 Å². The molecule has 0 aliphatic heterocycles. The van der Waals surface area contributed by atoms with Gasteiger partial charge in [0.2, 0.25) is 0 Å². The summed E-state index contributed by atoms with van der Waals surface area (Å²) in [5.74, 6) is -1.05. The van der Waals surface area contributed by atoms with E-state index in [-0.39, 0.29) is 30.7 Å². The standard InChI is InChI=1S/C8H14O3.Li/c1-4-11-6-8(2,3)5-7(9)10;/h4H,1,5-6H2,2-3H3,(H,9,10);/q;+1/p-1. The van der Waals surface area contributed by atoms with Crippen LogP contribution in [0.15, 0.2) is 12.8 Å². The second-order valence-electron chi connectivity index (χ2n) is 3.19. The quantitative estimate of drug-likeness (QED) is 0.328. The average molecular weight is 164 g/mol. The van der Waals surface area contributed by atoms with E-state index < -0.39 is 5.97 Å². The molecule has 0 radical (unpaired) electrons. The summed E-state index contributed by atoms with van der Waals surface area (Å²) in [7, 11) is 0. The molecule has 0 atom stereocenters. The second kappa shape index (κ2) is 6.16. The van der Waals surface area contributed by atoms with E-state index >= 15 is 0 Å². The van der Waals surface area contributed by atoms with Gasteiger partial charge in [0.05, 0.1) is 12.9 Å². The predicted molar refractivity (Wildman–Crippen MR) is 39.6 cm³/mol. The first kappa shape index (κ1) is 14.1. The molecule has 64 valence electrons. The van der Waals surface area contributed by atoms with Crippen LogP contribution in [-0.4, -0.2) is 12.6 Å². The Labute approximate surface area is 85.0 Å². The van der Waals surface area contributed by atoms with Gasteiger partial charge in [0.25, 0.3) is 0 Å². The van der Waals surface area contributed by atoms with Crippen LogP contribution in [0.1, 0.15) is 20.3 Å². The van der Waals surface area contributed by atoms with Gasteiger partial charge in [-0.25, -0.2) is 0 Å². The van der Waals surface area contributed by atoms with Gasteiger partial charge < -0.3 is 14.6 Å². The largest absolute Gasteiger partial charge is 1.00 e. The second-order valence-corrected chi connectivity index (χ2v) is 3.19. The van der Waals surface area contributed by atoms with Crippen LogP contribution in [0.25, 0.3) is 0 Å². The van der Waals surface area contributed by atoms with E-state index in [4.69, 9.17) is 4.74 Å². The Morgan fingerprint density at radius 1 is 1.67 bits per heavy atom. The number of hydrogen-bond donors (Lipinski definition) is 0. The zero-order chi connectivity index (χ0) is 8.91. The van der Waals surface area contributed by atoms with Gasteiger partial charge in [0.15, 0.2) is 0 Å². The molecule has 0 bridgehead atoms. The normalized spacial score (nSPS) is 9.83. The molecule has 0 aliphatic carbocycles. The van der Waals surface area contributed by atoms with Gasteiger partial charge in [0.1, 0.15) is 0 Å². The number of aliphatic carboxylic acids is 1. The van der Waals surface area contributed by atoms with Crippen molar-refractivity contribution < 1.29 is 33.5 Å². The van der Waals surface area contributed by atoms with Crippen molar-refractivity contribution in [2.45, 2.75) is 20.3 Å². The number of hydrogen-bond acceptors (Lipinski definition) is 3. The number of carbonyl (C=O) groups is 1. The zero-order valence-electron chi connectivity index (χ0n) is 7.92. The Morgan fingerprint density at radius 3 is 2.50 bits per heavy atom. The molecule has 4 heteroatoms. The van der Waals surface area contributed by atoms with Crippen LogP contribution in [0.5, 0.6) is 0 Å². The molecule has 12 heavy (non-hydrogen) atoms. The first-order chi connectivity index (χ1) is 4.98. The van der Waals surface area contributed by atoms with Crippen molar-refractivity contribution >= 4 is 5.97 Å². The summed E-state index contributed by atoms with van der Waals surface area (Å²) in [5.41, 5.74) is -0.382. The summed E-state index contributed by atoms with van der Waals surface area (Å²) < 4.78 is 4.87. The molecule has 0 amide bonds. The predicted octanol–water partition coefficient (Wildman–Crippen LogP) is -2.68. The van der Waals surface area contributed by atoms with Crippen molar-refractivity contribution in [1.29, 1.82) is 0 Å². The van der Waals surface area contributed by atoms with E-state index in [9.17, 15) is 9.90 Å². The Balaban J connectivity index is 0. The Hall–Kier alpha value is -0.393. The fraction of sp³-hybridized carbons (Fsp3) is 0.625. The zero-order valence-corrected chi connectivity index (χ0v) is 7.92. The summed E-state index contributed by atoms with van der Waals surface area (Å²) in [5, 5.41) is 10.2. The fourth-order valence-electron chi connectivity index (χ4n) is 0.726. The van der Waals surface area contributed by atoms with Gasteiger partial charge in [-0.05, 0) is 6.42 Å². The molecule has 0 heterocycles. The minimum Gasteiger partial charge on any atom is -0.550 e. The van der Waals surface area contributed by atoms with E-state index in [2.05, 4.69) is 6.58 Å². The maximum absolute atomic E-state index is 10.2. The van der Waals surface area contributed by atoms with Crippen LogP contribution < -0.4 is 24.0 Å². The number of carboxylic acid groups (broad SMARTS) is 1. The Bertz CT molecular complexity index is 154. The summed E-state index contributed by atoms with van der Waals surface area (Å²) in [4.78, 5) is 10.2. The molecular weight excluding hydrogens is 151 g/mol. The minimum absolute atomic E-state index is 0. The van der Waals surface area contributed by atoms with Gasteiger partial charge in [-0.2, -0.15) is 0 Å². The van der Waals surface area contributed by atoms with Crippen molar-refractivity contribution in [3.63, 3.8) is 0 Å². The monoisotopic (exact) mass is 164 g/mol. The van der Waals surface area contributed by atoms with Crippen LogP contribution in [0.4, 0.5) is 0 Å². The third-order valence-corrected chi connectivity index (χ3v) is 1.21. The van der Waals surface area contributed by atoms with Crippen molar-refractivity contribution in [3.8, 4) is 0 Å². The third kappa shape index (κ3) is 7.71. The summed E-state index contributed by atoms with van der Waals surface area (Å²) in [6, 6.07) is 0. The molecule has 0 aromatic heterocycles. The first-order valence-electron chi connectivity index (χ1n) is 3.40. The molecule has 0 rings (SSSR count). The molecule has 0 N–H and O–H groups in total. The van der Waals surface area contributed by atoms with Gasteiger partial charge >= 0.3 is 18.9 Å². The smallest absolute Gasteiger partial charge is 0.550 e. The van der Waals surface area contributed by atoms with Crippen LogP contribution in [0.2, 0.25) is 0 Å². The number of carbonyl (C=O) groups excluding carboxylic acids is 1. The maximum Gasteiger partial charge on any atom is 1.00 e. The number of ether oxygens (including phenoxy) is 1. The van der Waals surface area contributed by atoms with Gasteiger partial charge in [-0.1, -0.05) is 20.4 Å². The van der Waals surface area contributed by atoms with Crippen LogP contribution in [-0.2, 0) is 9.53 Å². The first-order valence-corrected chi connectivity index (χ1v) is 3.40. The third-order valence-electron chi connectivity index (χ3n) is 1.21. The van der Waals surface area contributed by atoms with Crippen LogP contribution in [0, 0.1) is 5.41 Å². The minimum atomic E-state index is -1.05. The molecule has 0 aromatic rings. The molecule has 0 aromatic carbocycles. The Morgan fingerprint density at radius 2 is 2.17 bits per heavy atom. The van der Waals surface area contributed by atoms with Gasteiger partial charge in [0, 0.05) is 11.4 Å². The van der Waals surface area contributed by atoms with Crippen molar-refractivity contribution in [3.05, 3.63) is 12.8 Å². The summed E-state index contributed by atoms with van der Waals surface area (Å²) >= 11 is 0. The van der Waals surface area contributed by atoms with Crippen molar-refractivity contribution in [2.24, 2.45) is 5.41 Å². The van der Waals surface area contributed by atoms with Crippen LogP contribution >= 0.6 is 0 Å². The maximum atomic E-state index is 10.2. The van der Waals surface area contributed by atoms with Gasteiger partial charge in [-0.15, -0.1) is 0 Å². The van der Waals surface area contributed by atoms with E-state index in [0.29, 0.717) is 6.61 Å². The molecule has 0 saturated carbocycles. The number of rotatable bonds is 5. The molecule has 0 saturated heterocycles. The SMILES string of the molecule is C=COCC(C)(C)CC(=O)[O-].[Li+]. The molecular formula is C8H13LiO3. The fourth-order valence-corrected chi connectivity index (χ4v) is 0.726. The molecule has 0 aliphatic rings. The number of carboxylic acids is 1. The van der Waals surface area contributed by atoms with Crippen molar-refractivity contribution in [1.82, 2.24) is 0 Å². The molecule has 0 fully saturated rings. The molecule has 0 spiro atoms. The Kier molecular flexibility index (Phi) is 7.26. The summed E-state index contributed by atoms with van der Waals surface area (Å²) in [6.07, 6.45) is 1.30. The van der Waals surface area contributed by atoms with E-state index in [0.717, 1.165) is 0 Å². The van der Waals surface area contributed by atoms with E-state index in [1.54, 1.807) is 13.8 Å².